The number of halogens is 4. The van der Waals surface area contributed by atoms with Gasteiger partial charge in [0, 0.05) is 32.1 Å². The third kappa shape index (κ3) is 5.27. The topological polar surface area (TPSA) is 40.6 Å². The molecular formula is C34H48F4N2O2. The van der Waals surface area contributed by atoms with Crippen LogP contribution in [0.1, 0.15) is 120 Å². The molecule has 42 heavy (non-hydrogen) atoms. The first-order valence-electron chi connectivity index (χ1n) is 16.3. The standard InChI is InChI=1S/C34H48F4N2O2/c1-5-6-7-8-9-21-40(31(42)30-25(34(36,37)38)11-10-12-26(30)35)28-16-14-23-22-13-15-27-32(2,20-18-29(41)39(27)4)24(22)17-19-33(23,28)3/h10-12,22-24,27-28H,5-9,13-21H2,1-4H3/t22-,23-,24-,27+,28-,32+,33-/m0/s1. The molecule has 5 rings (SSSR count). The van der Waals surface area contributed by atoms with Crippen molar-refractivity contribution in [3.05, 3.63) is 35.1 Å². The molecule has 0 aromatic heterocycles. The molecule has 1 aromatic carbocycles. The van der Waals surface area contributed by atoms with E-state index in [1.54, 1.807) is 4.90 Å². The first kappa shape index (κ1) is 31.3. The summed E-state index contributed by atoms with van der Waals surface area (Å²) in [6, 6.07) is 2.86. The Balaban J connectivity index is 1.44. The van der Waals surface area contributed by atoms with E-state index in [2.05, 4.69) is 20.8 Å². The van der Waals surface area contributed by atoms with E-state index in [0.717, 1.165) is 88.8 Å². The Hall–Kier alpha value is -2.12. The first-order valence-corrected chi connectivity index (χ1v) is 16.3. The van der Waals surface area contributed by atoms with Crippen molar-refractivity contribution < 1.29 is 27.2 Å². The summed E-state index contributed by atoms with van der Waals surface area (Å²) in [5, 5.41) is 0. The maximum atomic E-state index is 15.1. The van der Waals surface area contributed by atoms with Crippen molar-refractivity contribution in [2.24, 2.45) is 28.6 Å². The first-order chi connectivity index (χ1) is 19.8. The summed E-state index contributed by atoms with van der Waals surface area (Å²) in [6.07, 6.45) is 6.99. The van der Waals surface area contributed by atoms with E-state index in [1.165, 1.54) is 0 Å². The number of alkyl halides is 3. The van der Waals surface area contributed by atoms with Crippen LogP contribution in [0.3, 0.4) is 0 Å². The summed E-state index contributed by atoms with van der Waals surface area (Å²) < 4.78 is 57.1. The summed E-state index contributed by atoms with van der Waals surface area (Å²) >= 11 is 0. The second-order valence-electron chi connectivity index (χ2n) is 14.2. The summed E-state index contributed by atoms with van der Waals surface area (Å²) in [7, 11) is 1.95. The van der Waals surface area contributed by atoms with E-state index in [4.69, 9.17) is 0 Å². The van der Waals surface area contributed by atoms with Crippen molar-refractivity contribution in [2.75, 3.05) is 13.6 Å². The molecule has 4 nitrogen and oxygen atoms in total. The molecule has 7 atom stereocenters. The van der Waals surface area contributed by atoms with Crippen LogP contribution in [0.2, 0.25) is 0 Å². The lowest BCUT2D eigenvalue weighted by atomic mass is 9.47. The highest BCUT2D eigenvalue weighted by molar-refractivity contribution is 5.96. The zero-order valence-electron chi connectivity index (χ0n) is 25.7. The van der Waals surface area contributed by atoms with Gasteiger partial charge in [-0.15, -0.1) is 0 Å². The van der Waals surface area contributed by atoms with Crippen molar-refractivity contribution in [3.8, 4) is 0 Å². The number of carbonyl (C=O) groups excluding carboxylic acids is 2. The van der Waals surface area contributed by atoms with E-state index in [1.807, 2.05) is 11.9 Å². The molecule has 3 saturated carbocycles. The number of rotatable bonds is 8. The lowest BCUT2D eigenvalue weighted by molar-refractivity contribution is -0.158. The summed E-state index contributed by atoms with van der Waals surface area (Å²) in [5.74, 6) is -0.357. The number of hydrogen-bond donors (Lipinski definition) is 0. The number of unbranched alkanes of at least 4 members (excludes halogenated alkanes) is 4. The number of amides is 2. The predicted octanol–water partition coefficient (Wildman–Crippen LogP) is 8.49. The molecule has 1 aliphatic heterocycles. The third-order valence-corrected chi connectivity index (χ3v) is 12.2. The van der Waals surface area contributed by atoms with Gasteiger partial charge in [-0.05, 0) is 92.1 Å². The van der Waals surface area contributed by atoms with Gasteiger partial charge >= 0.3 is 6.18 Å². The van der Waals surface area contributed by atoms with Gasteiger partial charge in [0.2, 0.25) is 5.91 Å². The van der Waals surface area contributed by atoms with Crippen LogP contribution in [0, 0.1) is 34.4 Å². The molecule has 1 heterocycles. The Morgan fingerprint density at radius 1 is 0.976 bits per heavy atom. The number of carbonyl (C=O) groups is 2. The van der Waals surface area contributed by atoms with E-state index in [0.29, 0.717) is 37.1 Å². The van der Waals surface area contributed by atoms with Crippen LogP contribution in [0.4, 0.5) is 17.6 Å². The average molecular weight is 593 g/mol. The number of benzene rings is 1. The molecule has 234 valence electrons. The Kier molecular flexibility index (Phi) is 8.77. The van der Waals surface area contributed by atoms with Crippen molar-refractivity contribution in [3.63, 3.8) is 0 Å². The van der Waals surface area contributed by atoms with Crippen molar-refractivity contribution in [1.82, 2.24) is 9.80 Å². The molecule has 1 aromatic rings. The third-order valence-electron chi connectivity index (χ3n) is 12.2. The van der Waals surface area contributed by atoms with Crippen molar-refractivity contribution in [1.29, 1.82) is 0 Å². The van der Waals surface area contributed by atoms with Crippen LogP contribution >= 0.6 is 0 Å². The van der Waals surface area contributed by atoms with Crippen LogP contribution in [0.25, 0.3) is 0 Å². The number of likely N-dealkylation sites (tertiary alicyclic amines) is 1. The van der Waals surface area contributed by atoms with Gasteiger partial charge in [0.15, 0.2) is 0 Å². The Bertz CT molecular complexity index is 1170. The number of fused-ring (bicyclic) bond motifs is 5. The molecule has 0 radical (unpaired) electrons. The molecule has 1 saturated heterocycles. The SMILES string of the molecule is CCCCCCCN(C(=O)c1c(F)cccc1C(F)(F)F)[C@H]1CC[C@H]2[C@@H]3CC[C@H]4N(C)C(=O)CC[C@]4(C)[C@H]3CC[C@]12C. The Morgan fingerprint density at radius 3 is 2.40 bits per heavy atom. The Morgan fingerprint density at radius 2 is 1.69 bits per heavy atom. The minimum absolute atomic E-state index is 0.0640. The normalized spacial score (nSPS) is 34.5. The number of piperidine rings is 1. The Labute approximate surface area is 248 Å². The minimum Gasteiger partial charge on any atom is -0.342 e. The van der Waals surface area contributed by atoms with Gasteiger partial charge in [0.1, 0.15) is 5.82 Å². The number of hydrogen-bond acceptors (Lipinski definition) is 2. The molecule has 0 spiro atoms. The van der Waals surface area contributed by atoms with E-state index in [-0.39, 0.29) is 28.8 Å². The van der Waals surface area contributed by atoms with Gasteiger partial charge in [0.25, 0.3) is 5.91 Å². The predicted molar refractivity (Wildman–Crippen MR) is 155 cm³/mol. The average Bonchev–Trinajstić information content (AvgIpc) is 3.29. The maximum absolute atomic E-state index is 15.1. The van der Waals surface area contributed by atoms with Crippen LogP contribution in [-0.4, -0.2) is 47.3 Å². The fraction of sp³-hybridized carbons (Fsp3) is 0.765. The molecule has 3 aliphatic carbocycles. The van der Waals surface area contributed by atoms with Crippen LogP contribution in [-0.2, 0) is 11.0 Å². The molecule has 0 bridgehead atoms. The second-order valence-corrected chi connectivity index (χ2v) is 14.2. The van der Waals surface area contributed by atoms with Gasteiger partial charge in [-0.2, -0.15) is 13.2 Å². The van der Waals surface area contributed by atoms with Gasteiger partial charge in [0.05, 0.1) is 11.1 Å². The zero-order valence-corrected chi connectivity index (χ0v) is 25.7. The number of nitrogens with zero attached hydrogens (tertiary/aromatic N) is 2. The van der Waals surface area contributed by atoms with E-state index in [9.17, 15) is 22.8 Å². The maximum Gasteiger partial charge on any atom is 0.417 e. The highest BCUT2D eigenvalue weighted by Crippen LogP contribution is 2.65. The van der Waals surface area contributed by atoms with Crippen LogP contribution < -0.4 is 0 Å². The van der Waals surface area contributed by atoms with E-state index >= 15 is 4.39 Å². The van der Waals surface area contributed by atoms with Gasteiger partial charge in [-0.25, -0.2) is 4.39 Å². The fourth-order valence-corrected chi connectivity index (χ4v) is 10.0. The lowest BCUT2D eigenvalue weighted by Gasteiger charge is -2.62. The monoisotopic (exact) mass is 592 g/mol. The van der Waals surface area contributed by atoms with Gasteiger partial charge in [-0.1, -0.05) is 52.5 Å². The van der Waals surface area contributed by atoms with Crippen LogP contribution in [0.5, 0.6) is 0 Å². The molecule has 4 fully saturated rings. The van der Waals surface area contributed by atoms with Gasteiger partial charge in [-0.3, -0.25) is 9.59 Å². The van der Waals surface area contributed by atoms with Crippen molar-refractivity contribution >= 4 is 11.8 Å². The largest absolute Gasteiger partial charge is 0.417 e. The quantitative estimate of drug-likeness (QED) is 0.224. The molecule has 0 unspecified atom stereocenters. The smallest absolute Gasteiger partial charge is 0.342 e. The molecule has 4 aliphatic rings. The summed E-state index contributed by atoms with van der Waals surface area (Å²) in [4.78, 5) is 30.3. The van der Waals surface area contributed by atoms with Crippen molar-refractivity contribution in [2.45, 2.75) is 123 Å². The highest BCUT2D eigenvalue weighted by Gasteiger charge is 2.62. The zero-order chi connectivity index (χ0) is 30.4. The van der Waals surface area contributed by atoms with Crippen LogP contribution in [0.15, 0.2) is 18.2 Å². The molecular weight excluding hydrogens is 544 g/mol. The molecule has 0 N–H and O–H groups in total. The van der Waals surface area contributed by atoms with Gasteiger partial charge < -0.3 is 9.80 Å². The summed E-state index contributed by atoms with van der Waals surface area (Å²) in [6.45, 7) is 7.09. The lowest BCUT2D eigenvalue weighted by Crippen LogP contribution is -2.62. The summed E-state index contributed by atoms with van der Waals surface area (Å²) in [5.41, 5.74) is -2.19. The highest BCUT2D eigenvalue weighted by atomic mass is 19.4. The molecule has 2 amide bonds. The second kappa shape index (κ2) is 11.8. The minimum atomic E-state index is -4.82. The molecule has 8 heteroatoms. The van der Waals surface area contributed by atoms with E-state index < -0.39 is 29.0 Å². The fourth-order valence-electron chi connectivity index (χ4n) is 10.0.